The van der Waals surface area contributed by atoms with Gasteiger partial charge in [0, 0.05) is 17.8 Å². The van der Waals surface area contributed by atoms with Crippen molar-refractivity contribution in [1.82, 2.24) is 9.97 Å². The maximum Gasteiger partial charge on any atom is 0.333 e. The van der Waals surface area contributed by atoms with Crippen LogP contribution in [0.2, 0.25) is 0 Å². The lowest BCUT2D eigenvalue weighted by Crippen LogP contribution is -2.06. The van der Waals surface area contributed by atoms with Crippen molar-refractivity contribution in [3.8, 4) is 11.9 Å². The van der Waals surface area contributed by atoms with Crippen molar-refractivity contribution < 1.29 is 19.0 Å². The number of esters is 1. The summed E-state index contributed by atoms with van der Waals surface area (Å²) in [4.78, 5) is 19.1. The lowest BCUT2D eigenvalue weighted by Gasteiger charge is -2.06. The highest BCUT2D eigenvalue weighted by molar-refractivity contribution is 5.86. The van der Waals surface area contributed by atoms with E-state index in [2.05, 4.69) is 16.5 Å². The molecular weight excluding hydrogens is 272 g/mol. The first-order valence-electron chi connectivity index (χ1n) is 6.96. The van der Waals surface area contributed by atoms with Crippen molar-refractivity contribution in [2.45, 2.75) is 32.6 Å². The van der Waals surface area contributed by atoms with Crippen LogP contribution in [0, 0.1) is 0 Å². The Kier molecular flexibility index (Phi) is 7.86. The van der Waals surface area contributed by atoms with Gasteiger partial charge in [-0.2, -0.15) is 4.98 Å². The average molecular weight is 294 g/mol. The number of methoxy groups -OCH3 is 1. The molecule has 0 unspecified atom stereocenters. The number of hydrogen-bond acceptors (Lipinski definition) is 6. The third-order valence-electron chi connectivity index (χ3n) is 2.66. The summed E-state index contributed by atoms with van der Waals surface area (Å²) < 4.78 is 15.4. The van der Waals surface area contributed by atoms with Crippen molar-refractivity contribution in [2.75, 3.05) is 20.3 Å². The number of carbonyl (C=O) groups excluding carboxylic acids is 1. The average Bonchev–Trinajstić information content (AvgIpc) is 2.49. The number of carbonyl (C=O) groups is 1. The van der Waals surface area contributed by atoms with E-state index in [-0.39, 0.29) is 5.97 Å². The van der Waals surface area contributed by atoms with E-state index >= 15 is 0 Å². The van der Waals surface area contributed by atoms with Gasteiger partial charge in [0.05, 0.1) is 20.3 Å². The Hall–Kier alpha value is -2.11. The van der Waals surface area contributed by atoms with E-state index in [0.717, 1.165) is 25.7 Å². The molecule has 0 aliphatic heterocycles. The predicted octanol–water partition coefficient (Wildman–Crippen LogP) is 2.54. The molecule has 0 N–H and O–H groups in total. The van der Waals surface area contributed by atoms with E-state index in [1.807, 2.05) is 0 Å². The summed E-state index contributed by atoms with van der Waals surface area (Å²) in [5, 5.41) is 0. The summed E-state index contributed by atoms with van der Waals surface area (Å²) in [5.74, 6) is 0.188. The first-order chi connectivity index (χ1) is 10.1. The van der Waals surface area contributed by atoms with Crippen molar-refractivity contribution in [2.24, 2.45) is 0 Å². The zero-order valence-electron chi connectivity index (χ0n) is 12.6. The maximum absolute atomic E-state index is 11.1. The van der Waals surface area contributed by atoms with Crippen molar-refractivity contribution in [1.29, 1.82) is 0 Å². The number of rotatable bonds is 10. The van der Waals surface area contributed by atoms with Crippen LogP contribution in [-0.2, 0) is 9.53 Å². The Labute approximate surface area is 125 Å². The normalized spacial score (nSPS) is 10.0. The Bertz CT molecular complexity index is 463. The first kappa shape index (κ1) is 16.9. The summed E-state index contributed by atoms with van der Waals surface area (Å²) in [6.07, 6.45) is 5.35. The van der Waals surface area contributed by atoms with Crippen LogP contribution < -0.4 is 9.47 Å². The third-order valence-corrected chi connectivity index (χ3v) is 2.66. The molecule has 0 aromatic carbocycles. The molecule has 1 heterocycles. The van der Waals surface area contributed by atoms with Crippen LogP contribution in [0.25, 0.3) is 0 Å². The van der Waals surface area contributed by atoms with E-state index in [1.165, 1.54) is 7.11 Å². The Morgan fingerprint density at radius 3 is 2.62 bits per heavy atom. The monoisotopic (exact) mass is 294 g/mol. The van der Waals surface area contributed by atoms with E-state index in [1.54, 1.807) is 19.2 Å². The standard InChI is InChI=1S/C15H22N2O4/c1-12(2)14(18)21-11-7-5-4-6-10-20-13-8-9-16-15(17-13)19-3/h8-9H,1,4-7,10-11H2,2-3H3. The Morgan fingerprint density at radius 2 is 1.95 bits per heavy atom. The SMILES string of the molecule is C=C(C)C(=O)OCCCCCCOc1ccnc(OC)n1. The molecule has 1 aromatic rings. The largest absolute Gasteiger partial charge is 0.478 e. The van der Waals surface area contributed by atoms with E-state index < -0.39 is 0 Å². The summed E-state index contributed by atoms with van der Waals surface area (Å²) >= 11 is 0. The highest BCUT2D eigenvalue weighted by Gasteiger charge is 2.02. The highest BCUT2D eigenvalue weighted by atomic mass is 16.5. The van der Waals surface area contributed by atoms with E-state index in [9.17, 15) is 4.79 Å². The van der Waals surface area contributed by atoms with Gasteiger partial charge in [-0.05, 0) is 32.6 Å². The maximum atomic E-state index is 11.1. The van der Waals surface area contributed by atoms with Gasteiger partial charge in [0.1, 0.15) is 0 Å². The minimum Gasteiger partial charge on any atom is -0.478 e. The van der Waals surface area contributed by atoms with Gasteiger partial charge in [0.15, 0.2) is 0 Å². The molecule has 0 spiro atoms. The van der Waals surface area contributed by atoms with Gasteiger partial charge in [-0.1, -0.05) is 6.58 Å². The van der Waals surface area contributed by atoms with Gasteiger partial charge < -0.3 is 14.2 Å². The predicted molar refractivity (Wildman–Crippen MR) is 78.3 cm³/mol. The molecule has 0 fully saturated rings. The first-order valence-corrected chi connectivity index (χ1v) is 6.96. The number of hydrogen-bond donors (Lipinski definition) is 0. The van der Waals surface area contributed by atoms with Gasteiger partial charge in [-0.15, -0.1) is 0 Å². The minimum atomic E-state index is -0.323. The number of nitrogens with zero attached hydrogens (tertiary/aromatic N) is 2. The molecule has 0 aliphatic carbocycles. The lowest BCUT2D eigenvalue weighted by atomic mass is 10.2. The van der Waals surface area contributed by atoms with E-state index in [4.69, 9.17) is 14.2 Å². The minimum absolute atomic E-state index is 0.298. The van der Waals surface area contributed by atoms with Gasteiger partial charge in [0.2, 0.25) is 5.88 Å². The lowest BCUT2D eigenvalue weighted by molar-refractivity contribution is -0.139. The quantitative estimate of drug-likeness (QED) is 0.375. The molecule has 0 saturated heterocycles. The zero-order chi connectivity index (χ0) is 15.5. The molecule has 1 rings (SSSR count). The summed E-state index contributed by atoms with van der Waals surface area (Å²) in [6.45, 7) is 6.20. The number of unbranched alkanes of at least 4 members (excludes halogenated alkanes) is 3. The second-order valence-electron chi connectivity index (χ2n) is 4.56. The molecule has 0 amide bonds. The molecule has 1 aromatic heterocycles. The van der Waals surface area contributed by atoms with Crippen LogP contribution in [0.15, 0.2) is 24.4 Å². The van der Waals surface area contributed by atoms with Crippen LogP contribution in [0.3, 0.4) is 0 Å². The fourth-order valence-corrected chi connectivity index (χ4v) is 1.53. The van der Waals surface area contributed by atoms with Gasteiger partial charge in [-0.3, -0.25) is 0 Å². The van der Waals surface area contributed by atoms with Crippen LogP contribution in [0.1, 0.15) is 32.6 Å². The molecule has 0 radical (unpaired) electrons. The Balaban J connectivity index is 2.02. The summed E-state index contributed by atoms with van der Waals surface area (Å²) in [6, 6.07) is 1.99. The number of aromatic nitrogens is 2. The molecule has 6 nitrogen and oxygen atoms in total. The smallest absolute Gasteiger partial charge is 0.333 e. The Morgan fingerprint density at radius 1 is 1.24 bits per heavy atom. The molecule has 6 heteroatoms. The molecule has 0 atom stereocenters. The van der Waals surface area contributed by atoms with Crippen molar-refractivity contribution in [3.05, 3.63) is 24.4 Å². The van der Waals surface area contributed by atoms with Crippen LogP contribution >= 0.6 is 0 Å². The second-order valence-corrected chi connectivity index (χ2v) is 4.56. The fourth-order valence-electron chi connectivity index (χ4n) is 1.53. The van der Waals surface area contributed by atoms with Gasteiger partial charge >= 0.3 is 12.0 Å². The molecule has 0 bridgehead atoms. The number of ether oxygens (including phenoxy) is 3. The van der Waals surface area contributed by atoms with E-state index in [0.29, 0.717) is 30.7 Å². The van der Waals surface area contributed by atoms with Crippen molar-refractivity contribution >= 4 is 5.97 Å². The molecule has 116 valence electrons. The highest BCUT2D eigenvalue weighted by Crippen LogP contribution is 2.10. The fraction of sp³-hybridized carbons (Fsp3) is 0.533. The zero-order valence-corrected chi connectivity index (χ0v) is 12.6. The van der Waals surface area contributed by atoms with Crippen LogP contribution in [0.4, 0.5) is 0 Å². The van der Waals surface area contributed by atoms with Gasteiger partial charge in [-0.25, -0.2) is 9.78 Å². The molecule has 21 heavy (non-hydrogen) atoms. The molecule has 0 aliphatic rings. The second kappa shape index (κ2) is 9.74. The van der Waals surface area contributed by atoms with Crippen LogP contribution in [0.5, 0.6) is 11.9 Å². The summed E-state index contributed by atoms with van der Waals surface area (Å²) in [7, 11) is 1.51. The molecular formula is C15H22N2O4. The van der Waals surface area contributed by atoms with Gasteiger partial charge in [0.25, 0.3) is 0 Å². The van der Waals surface area contributed by atoms with Crippen molar-refractivity contribution in [3.63, 3.8) is 0 Å². The summed E-state index contributed by atoms with van der Waals surface area (Å²) in [5.41, 5.74) is 0.434. The topological polar surface area (TPSA) is 70.5 Å². The third kappa shape index (κ3) is 7.29. The molecule has 0 saturated carbocycles. The van der Waals surface area contributed by atoms with Crippen LogP contribution in [-0.4, -0.2) is 36.3 Å².